The lowest BCUT2D eigenvalue weighted by molar-refractivity contribution is -0.139. The molecule has 2 amide bonds. The minimum absolute atomic E-state index is 0.0125. The molecule has 0 radical (unpaired) electrons. The second-order valence-electron chi connectivity index (χ2n) is 9.89. The smallest absolute Gasteiger partial charge is 0.264 e. The van der Waals surface area contributed by atoms with Crippen LogP contribution in [0.2, 0.25) is 0 Å². The number of para-hydroxylation sites is 1. The molecule has 4 aromatic rings. The van der Waals surface area contributed by atoms with Gasteiger partial charge in [-0.25, -0.2) is 0 Å². The van der Waals surface area contributed by atoms with Gasteiger partial charge in [0.15, 0.2) is 5.60 Å². The molecule has 0 spiro atoms. The van der Waals surface area contributed by atoms with Gasteiger partial charge in [-0.3, -0.25) is 14.5 Å². The van der Waals surface area contributed by atoms with Gasteiger partial charge in [0.25, 0.3) is 11.8 Å². The van der Waals surface area contributed by atoms with E-state index in [0.717, 1.165) is 27.7 Å². The van der Waals surface area contributed by atoms with Crippen LogP contribution in [0.5, 0.6) is 0 Å². The van der Waals surface area contributed by atoms with Crippen molar-refractivity contribution in [2.75, 3.05) is 16.4 Å². The zero-order valence-corrected chi connectivity index (χ0v) is 21.0. The first-order chi connectivity index (χ1) is 18.4. The van der Waals surface area contributed by atoms with Crippen LogP contribution in [-0.2, 0) is 16.9 Å². The SMILES string of the molecule is C[C@H](/C=C/CCO)[C@@]1(O)C(=O)N(Cc2ccc(N3C(=O)c4cccc5cccc3c45)cc2)c2ccccc21. The predicted molar refractivity (Wildman–Crippen MR) is 148 cm³/mol. The largest absolute Gasteiger partial charge is 0.396 e. The first-order valence-electron chi connectivity index (χ1n) is 12.8. The Kier molecular flexibility index (Phi) is 5.86. The lowest BCUT2D eigenvalue weighted by Crippen LogP contribution is -2.44. The number of carbonyl (C=O) groups excluding carboxylic acids is 2. The third-order valence-electron chi connectivity index (χ3n) is 7.65. The van der Waals surface area contributed by atoms with E-state index in [1.165, 1.54) is 0 Å². The zero-order valence-electron chi connectivity index (χ0n) is 21.0. The van der Waals surface area contributed by atoms with Crippen molar-refractivity contribution in [3.63, 3.8) is 0 Å². The molecule has 0 saturated carbocycles. The van der Waals surface area contributed by atoms with Crippen LogP contribution >= 0.6 is 0 Å². The average molecular weight is 505 g/mol. The molecule has 38 heavy (non-hydrogen) atoms. The number of hydrogen-bond donors (Lipinski definition) is 2. The van der Waals surface area contributed by atoms with Gasteiger partial charge in [-0.2, -0.15) is 0 Å². The van der Waals surface area contributed by atoms with E-state index in [0.29, 0.717) is 23.2 Å². The molecule has 2 heterocycles. The van der Waals surface area contributed by atoms with Crippen LogP contribution in [0, 0.1) is 5.92 Å². The Labute approximate surface area is 221 Å². The summed E-state index contributed by atoms with van der Waals surface area (Å²) in [6.45, 7) is 2.11. The third kappa shape index (κ3) is 3.56. The Bertz CT molecular complexity index is 1590. The molecular formula is C32H28N2O4. The highest BCUT2D eigenvalue weighted by Crippen LogP contribution is 2.46. The molecule has 0 fully saturated rings. The normalized spacial score (nSPS) is 19.1. The molecule has 0 saturated heterocycles. The Hall–Kier alpha value is -4.26. The minimum Gasteiger partial charge on any atom is -0.396 e. The Morgan fingerprint density at radius 2 is 1.61 bits per heavy atom. The van der Waals surface area contributed by atoms with Gasteiger partial charge >= 0.3 is 0 Å². The summed E-state index contributed by atoms with van der Waals surface area (Å²) in [7, 11) is 0. The van der Waals surface area contributed by atoms with Gasteiger partial charge in [0, 0.05) is 29.2 Å². The monoisotopic (exact) mass is 504 g/mol. The van der Waals surface area contributed by atoms with Crippen LogP contribution in [0.3, 0.4) is 0 Å². The summed E-state index contributed by atoms with van der Waals surface area (Å²) in [6, 6.07) is 26.7. The van der Waals surface area contributed by atoms with Crippen molar-refractivity contribution in [3.05, 3.63) is 114 Å². The van der Waals surface area contributed by atoms with Crippen LogP contribution < -0.4 is 9.80 Å². The van der Waals surface area contributed by atoms with Crippen molar-refractivity contribution >= 4 is 39.6 Å². The predicted octanol–water partition coefficient (Wildman–Crippen LogP) is 5.44. The van der Waals surface area contributed by atoms with E-state index < -0.39 is 11.5 Å². The van der Waals surface area contributed by atoms with Crippen molar-refractivity contribution < 1.29 is 19.8 Å². The molecule has 4 aromatic carbocycles. The molecule has 0 bridgehead atoms. The van der Waals surface area contributed by atoms with Crippen molar-refractivity contribution in [3.8, 4) is 0 Å². The molecule has 2 atom stereocenters. The van der Waals surface area contributed by atoms with Gasteiger partial charge in [0.05, 0.1) is 23.5 Å². The van der Waals surface area contributed by atoms with Gasteiger partial charge in [0.1, 0.15) is 0 Å². The van der Waals surface area contributed by atoms with E-state index in [9.17, 15) is 14.7 Å². The summed E-state index contributed by atoms with van der Waals surface area (Å²) < 4.78 is 0. The fourth-order valence-electron chi connectivity index (χ4n) is 5.68. The van der Waals surface area contributed by atoms with Gasteiger partial charge in [-0.15, -0.1) is 0 Å². The molecule has 0 aromatic heterocycles. The molecule has 0 unspecified atom stereocenters. The molecule has 6 heteroatoms. The van der Waals surface area contributed by atoms with Crippen molar-refractivity contribution in [2.45, 2.75) is 25.5 Å². The summed E-state index contributed by atoms with van der Waals surface area (Å²) >= 11 is 0. The molecule has 2 aliphatic rings. The Morgan fingerprint density at radius 1 is 0.895 bits per heavy atom. The lowest BCUT2D eigenvalue weighted by Gasteiger charge is -2.27. The standard InChI is InChI=1S/C32H28N2O4/c1-21(8-4-5-19-35)32(38)26-12-2-3-13-27(26)33(31(32)37)20-22-15-17-24(18-16-22)34-28-14-7-10-23-9-6-11-25(29(23)28)30(34)36/h2-4,6-18,21,35,38H,5,19-20H2,1H3/b8-4+/t21-,32+/m1/s1. The summed E-state index contributed by atoms with van der Waals surface area (Å²) in [5, 5.41) is 22.8. The molecule has 6 nitrogen and oxygen atoms in total. The number of aliphatic hydroxyl groups excluding tert-OH is 1. The quantitative estimate of drug-likeness (QED) is 0.329. The number of carbonyl (C=O) groups is 2. The van der Waals surface area contributed by atoms with Gasteiger partial charge < -0.3 is 15.1 Å². The van der Waals surface area contributed by atoms with Crippen LogP contribution in [0.4, 0.5) is 17.1 Å². The molecule has 2 aliphatic heterocycles. The van der Waals surface area contributed by atoms with E-state index in [-0.39, 0.29) is 25.0 Å². The average Bonchev–Trinajstić information content (AvgIpc) is 3.35. The van der Waals surface area contributed by atoms with Crippen LogP contribution in [0.1, 0.15) is 34.8 Å². The highest BCUT2D eigenvalue weighted by Gasteiger charge is 2.52. The van der Waals surface area contributed by atoms with Crippen molar-refractivity contribution in [1.29, 1.82) is 0 Å². The molecule has 190 valence electrons. The molecule has 6 rings (SSSR count). The lowest BCUT2D eigenvalue weighted by atomic mass is 9.83. The number of aliphatic hydroxyl groups is 2. The molecule has 0 aliphatic carbocycles. The number of fused-ring (bicyclic) bond motifs is 1. The maximum absolute atomic E-state index is 13.7. The second kappa shape index (κ2) is 9.24. The van der Waals surface area contributed by atoms with Crippen molar-refractivity contribution in [1.82, 2.24) is 0 Å². The van der Waals surface area contributed by atoms with E-state index in [4.69, 9.17) is 5.11 Å². The fourth-order valence-corrected chi connectivity index (χ4v) is 5.68. The minimum atomic E-state index is -1.69. The van der Waals surface area contributed by atoms with Gasteiger partial charge in [0.2, 0.25) is 0 Å². The van der Waals surface area contributed by atoms with E-state index >= 15 is 0 Å². The Balaban J connectivity index is 1.29. The summed E-state index contributed by atoms with van der Waals surface area (Å²) in [5.74, 6) is -0.900. The van der Waals surface area contributed by atoms with E-state index in [2.05, 4.69) is 0 Å². The van der Waals surface area contributed by atoms with Crippen molar-refractivity contribution in [2.24, 2.45) is 5.92 Å². The number of rotatable bonds is 7. The number of anilines is 3. The molecular weight excluding hydrogens is 476 g/mol. The third-order valence-corrected chi connectivity index (χ3v) is 7.65. The summed E-state index contributed by atoms with van der Waals surface area (Å²) in [6.07, 6.45) is 4.04. The van der Waals surface area contributed by atoms with E-state index in [1.807, 2.05) is 85.8 Å². The molecule has 2 N–H and O–H groups in total. The van der Waals surface area contributed by atoms with Crippen LogP contribution in [0.25, 0.3) is 10.8 Å². The summed E-state index contributed by atoms with van der Waals surface area (Å²) in [5.41, 5.74) is 2.78. The fraction of sp³-hybridized carbons (Fsp3) is 0.188. The first kappa shape index (κ1) is 24.1. The highest BCUT2D eigenvalue weighted by molar-refractivity contribution is 6.27. The maximum Gasteiger partial charge on any atom is 0.264 e. The van der Waals surface area contributed by atoms with E-state index in [1.54, 1.807) is 28.0 Å². The maximum atomic E-state index is 13.7. The van der Waals surface area contributed by atoms with Crippen LogP contribution in [0.15, 0.2) is 97.1 Å². The summed E-state index contributed by atoms with van der Waals surface area (Å²) in [4.78, 5) is 30.3. The first-order valence-corrected chi connectivity index (χ1v) is 12.8. The number of nitrogens with zero attached hydrogens (tertiary/aromatic N) is 2. The van der Waals surface area contributed by atoms with Crippen LogP contribution in [-0.4, -0.2) is 28.6 Å². The Morgan fingerprint density at radius 3 is 2.37 bits per heavy atom. The second-order valence-corrected chi connectivity index (χ2v) is 9.89. The topological polar surface area (TPSA) is 81.1 Å². The van der Waals surface area contributed by atoms with Gasteiger partial charge in [-0.05, 0) is 47.7 Å². The number of hydrogen-bond acceptors (Lipinski definition) is 4. The number of benzene rings is 4. The van der Waals surface area contributed by atoms with Gasteiger partial charge in [-0.1, -0.05) is 73.7 Å². The highest BCUT2D eigenvalue weighted by atomic mass is 16.3. The number of amides is 2. The zero-order chi connectivity index (χ0) is 26.4.